The Balaban J connectivity index is 2.03. The van der Waals surface area contributed by atoms with Crippen molar-refractivity contribution in [2.45, 2.75) is 12.4 Å². The van der Waals surface area contributed by atoms with Crippen LogP contribution < -0.4 is 18.9 Å². The Bertz CT molecular complexity index is 442. The maximum absolute atomic E-state index is 5.69. The molecule has 2 unspecified atom stereocenters. The van der Waals surface area contributed by atoms with Crippen LogP contribution >= 0.6 is 15.9 Å². The molecule has 0 spiro atoms. The van der Waals surface area contributed by atoms with E-state index in [-0.39, 0.29) is 12.4 Å². The van der Waals surface area contributed by atoms with Gasteiger partial charge < -0.3 is 28.4 Å². The highest BCUT2D eigenvalue weighted by Gasteiger charge is 2.25. The molecule has 1 aliphatic heterocycles. The van der Waals surface area contributed by atoms with E-state index in [2.05, 4.69) is 15.9 Å². The van der Waals surface area contributed by atoms with Gasteiger partial charge in [0.15, 0.2) is 17.8 Å². The zero-order valence-corrected chi connectivity index (χ0v) is 13.8. The van der Waals surface area contributed by atoms with E-state index in [1.54, 1.807) is 33.5 Å². The van der Waals surface area contributed by atoms with Gasteiger partial charge in [-0.25, -0.2) is 0 Å². The summed E-state index contributed by atoms with van der Waals surface area (Å²) in [6, 6.07) is 3.47. The maximum Gasteiger partial charge on any atom is 0.203 e. The van der Waals surface area contributed by atoms with Crippen LogP contribution in [0, 0.1) is 0 Å². The number of methoxy groups -OCH3 is 3. The highest BCUT2D eigenvalue weighted by atomic mass is 79.9. The van der Waals surface area contributed by atoms with Crippen LogP contribution in [0.4, 0.5) is 0 Å². The number of rotatable bonds is 7. The van der Waals surface area contributed by atoms with Crippen LogP contribution in [0.2, 0.25) is 0 Å². The SMILES string of the molecule is COc1cc(OCC2OCC(CBr)O2)cc(OC)c1OC. The minimum Gasteiger partial charge on any atom is -0.493 e. The summed E-state index contributed by atoms with van der Waals surface area (Å²) in [4.78, 5) is 0. The molecule has 118 valence electrons. The van der Waals surface area contributed by atoms with Gasteiger partial charge in [-0.3, -0.25) is 0 Å². The van der Waals surface area contributed by atoms with E-state index in [0.717, 1.165) is 5.33 Å². The molecular weight excluding hydrogens is 344 g/mol. The predicted octanol–water partition coefficient (Wildman–Crippen LogP) is 2.23. The normalized spacial score (nSPS) is 21.1. The number of hydrogen-bond donors (Lipinski definition) is 0. The number of benzene rings is 1. The summed E-state index contributed by atoms with van der Waals surface area (Å²) in [6.07, 6.45) is -0.301. The smallest absolute Gasteiger partial charge is 0.203 e. The van der Waals surface area contributed by atoms with Crippen LogP contribution in [-0.4, -0.2) is 52.3 Å². The summed E-state index contributed by atoms with van der Waals surface area (Å²) in [7, 11) is 4.68. The van der Waals surface area contributed by atoms with Gasteiger partial charge in [-0.05, 0) is 0 Å². The number of halogens is 1. The Hall–Kier alpha value is -1.18. The van der Waals surface area contributed by atoms with Crippen LogP contribution in [0.5, 0.6) is 23.0 Å². The molecule has 1 aromatic carbocycles. The van der Waals surface area contributed by atoms with Crippen LogP contribution in [0.15, 0.2) is 12.1 Å². The molecule has 0 aliphatic carbocycles. The van der Waals surface area contributed by atoms with Gasteiger partial charge in [-0.2, -0.15) is 0 Å². The molecule has 0 N–H and O–H groups in total. The summed E-state index contributed by atoms with van der Waals surface area (Å²) in [6.45, 7) is 0.858. The molecule has 2 atom stereocenters. The van der Waals surface area contributed by atoms with E-state index in [1.165, 1.54) is 0 Å². The van der Waals surface area contributed by atoms with Crippen molar-refractivity contribution in [2.75, 3.05) is 39.9 Å². The van der Waals surface area contributed by atoms with Crippen molar-refractivity contribution < 1.29 is 28.4 Å². The minimum absolute atomic E-state index is 0.0681. The predicted molar refractivity (Wildman–Crippen MR) is 80.0 cm³/mol. The van der Waals surface area contributed by atoms with Crippen molar-refractivity contribution in [2.24, 2.45) is 0 Å². The monoisotopic (exact) mass is 362 g/mol. The van der Waals surface area contributed by atoms with Gasteiger partial charge in [0.05, 0.1) is 34.0 Å². The van der Waals surface area contributed by atoms with Crippen molar-refractivity contribution in [1.82, 2.24) is 0 Å². The first-order valence-corrected chi connectivity index (χ1v) is 7.59. The second kappa shape index (κ2) is 7.72. The summed E-state index contributed by atoms with van der Waals surface area (Å²) in [5.41, 5.74) is 0. The average Bonchev–Trinajstić information content (AvgIpc) is 2.99. The first-order valence-electron chi connectivity index (χ1n) is 6.47. The van der Waals surface area contributed by atoms with Crippen molar-refractivity contribution in [3.63, 3.8) is 0 Å². The number of alkyl halides is 1. The average molecular weight is 363 g/mol. The minimum atomic E-state index is -0.369. The fourth-order valence-corrected chi connectivity index (χ4v) is 2.32. The fraction of sp³-hybridized carbons (Fsp3) is 0.571. The molecule has 2 rings (SSSR count). The van der Waals surface area contributed by atoms with Gasteiger partial charge in [-0.1, -0.05) is 15.9 Å². The van der Waals surface area contributed by atoms with E-state index in [4.69, 9.17) is 28.4 Å². The lowest BCUT2D eigenvalue weighted by molar-refractivity contribution is -0.0786. The zero-order valence-electron chi connectivity index (χ0n) is 12.3. The quantitative estimate of drug-likeness (QED) is 0.693. The molecule has 21 heavy (non-hydrogen) atoms. The van der Waals surface area contributed by atoms with E-state index in [1.807, 2.05) is 0 Å². The topological polar surface area (TPSA) is 55.4 Å². The molecule has 1 aromatic rings. The highest BCUT2D eigenvalue weighted by molar-refractivity contribution is 9.09. The van der Waals surface area contributed by atoms with E-state index in [0.29, 0.717) is 36.2 Å². The third-order valence-electron chi connectivity index (χ3n) is 3.01. The fourth-order valence-electron chi connectivity index (χ4n) is 1.98. The summed E-state index contributed by atoms with van der Waals surface area (Å²) in [5, 5.41) is 0.744. The lowest BCUT2D eigenvalue weighted by atomic mass is 10.2. The molecule has 1 aliphatic rings. The van der Waals surface area contributed by atoms with E-state index in [9.17, 15) is 0 Å². The number of hydrogen-bond acceptors (Lipinski definition) is 6. The first-order chi connectivity index (χ1) is 10.2. The van der Waals surface area contributed by atoms with Crippen molar-refractivity contribution >= 4 is 15.9 Å². The number of ether oxygens (including phenoxy) is 6. The second-order valence-electron chi connectivity index (χ2n) is 4.35. The van der Waals surface area contributed by atoms with Crippen molar-refractivity contribution in [1.29, 1.82) is 0 Å². The molecule has 1 fully saturated rings. The Kier molecular flexibility index (Phi) is 5.96. The Labute approximate surface area is 132 Å². The molecular formula is C14H19BrO6. The molecule has 7 heteroatoms. The Morgan fingerprint density at radius 3 is 2.29 bits per heavy atom. The first kappa shape index (κ1) is 16.2. The van der Waals surface area contributed by atoms with Crippen LogP contribution in [0.3, 0.4) is 0 Å². The van der Waals surface area contributed by atoms with Gasteiger partial charge in [0.1, 0.15) is 12.4 Å². The Morgan fingerprint density at radius 1 is 1.14 bits per heavy atom. The lowest BCUT2D eigenvalue weighted by Crippen LogP contribution is -2.20. The van der Waals surface area contributed by atoms with Crippen molar-refractivity contribution in [3.8, 4) is 23.0 Å². The third-order valence-corrected chi connectivity index (χ3v) is 3.73. The molecule has 0 amide bonds. The lowest BCUT2D eigenvalue weighted by Gasteiger charge is -2.16. The molecule has 0 aromatic heterocycles. The van der Waals surface area contributed by atoms with Gasteiger partial charge in [-0.15, -0.1) is 0 Å². The molecule has 1 saturated heterocycles. The third kappa shape index (κ3) is 3.93. The summed E-state index contributed by atoms with van der Waals surface area (Å²) in [5.74, 6) is 2.20. The highest BCUT2D eigenvalue weighted by Crippen LogP contribution is 2.40. The molecule has 0 radical (unpaired) electrons. The van der Waals surface area contributed by atoms with Crippen molar-refractivity contribution in [3.05, 3.63) is 12.1 Å². The van der Waals surface area contributed by atoms with Gasteiger partial charge in [0, 0.05) is 17.5 Å². The molecule has 0 saturated carbocycles. The molecule has 6 nitrogen and oxygen atoms in total. The maximum atomic E-state index is 5.69. The summed E-state index contributed by atoms with van der Waals surface area (Å²) >= 11 is 3.36. The largest absolute Gasteiger partial charge is 0.493 e. The molecule has 0 bridgehead atoms. The van der Waals surface area contributed by atoms with E-state index >= 15 is 0 Å². The standard InChI is InChI=1S/C14H19BrO6/c1-16-11-4-9(5-12(17-2)14(11)18-3)19-8-13-20-7-10(6-15)21-13/h4-5,10,13H,6-8H2,1-3H3. The van der Waals surface area contributed by atoms with Crippen LogP contribution in [0.1, 0.15) is 0 Å². The van der Waals surface area contributed by atoms with Crippen LogP contribution in [-0.2, 0) is 9.47 Å². The Morgan fingerprint density at radius 2 is 1.81 bits per heavy atom. The second-order valence-corrected chi connectivity index (χ2v) is 4.99. The molecule has 1 heterocycles. The zero-order chi connectivity index (χ0) is 15.2. The van der Waals surface area contributed by atoms with Gasteiger partial charge in [0.25, 0.3) is 0 Å². The van der Waals surface area contributed by atoms with Crippen LogP contribution in [0.25, 0.3) is 0 Å². The summed E-state index contributed by atoms with van der Waals surface area (Å²) < 4.78 is 32.6. The van der Waals surface area contributed by atoms with E-state index < -0.39 is 0 Å². The van der Waals surface area contributed by atoms with Gasteiger partial charge in [0.2, 0.25) is 5.75 Å². The van der Waals surface area contributed by atoms with Gasteiger partial charge >= 0.3 is 0 Å².